The van der Waals surface area contributed by atoms with Gasteiger partial charge in [0.1, 0.15) is 10.6 Å². The number of unbranched alkanes of at least 4 members (excludes halogenated alkanes) is 1. The fourth-order valence-corrected chi connectivity index (χ4v) is 4.34. The van der Waals surface area contributed by atoms with Gasteiger partial charge in [0, 0.05) is 18.5 Å². The molecular weight excluding hydrogens is 310 g/mol. The number of ether oxygens (including phenoxy) is 1. The van der Waals surface area contributed by atoms with Crippen LogP contribution in [0.1, 0.15) is 38.2 Å². The summed E-state index contributed by atoms with van der Waals surface area (Å²) in [5.74, 6) is 0.703. The van der Waals surface area contributed by atoms with Crippen LogP contribution in [0.15, 0.2) is 23.1 Å². The molecule has 1 fully saturated rings. The largest absolute Gasteiger partial charge is 0.495 e. The van der Waals surface area contributed by atoms with Gasteiger partial charge in [0.15, 0.2) is 0 Å². The Morgan fingerprint density at radius 3 is 2.62 bits per heavy atom. The van der Waals surface area contributed by atoms with E-state index in [1.807, 2.05) is 0 Å². The third kappa shape index (κ3) is 3.71. The lowest BCUT2D eigenvalue weighted by atomic mass is 10.2. The Kier molecular flexibility index (Phi) is 5.52. The first-order valence-electron chi connectivity index (χ1n) is 7.29. The highest BCUT2D eigenvalue weighted by atomic mass is 35.5. The van der Waals surface area contributed by atoms with E-state index in [2.05, 4.69) is 6.92 Å². The average molecular weight is 332 g/mol. The fourth-order valence-electron chi connectivity index (χ4n) is 2.31. The molecule has 0 heterocycles. The minimum atomic E-state index is -3.51. The molecule has 0 aromatic heterocycles. The normalized spacial score (nSPS) is 15.4. The van der Waals surface area contributed by atoms with E-state index in [4.69, 9.17) is 16.3 Å². The van der Waals surface area contributed by atoms with E-state index in [0.29, 0.717) is 18.2 Å². The third-order valence-corrected chi connectivity index (χ3v) is 5.96. The summed E-state index contributed by atoms with van der Waals surface area (Å²) in [6.07, 6.45) is 3.74. The third-order valence-electron chi connectivity index (χ3n) is 3.66. The first-order chi connectivity index (χ1) is 10.0. The van der Waals surface area contributed by atoms with Gasteiger partial charge in [0.2, 0.25) is 10.0 Å². The molecule has 0 atom stereocenters. The van der Waals surface area contributed by atoms with Crippen LogP contribution in [0.25, 0.3) is 0 Å². The van der Waals surface area contributed by atoms with Crippen molar-refractivity contribution in [2.45, 2.75) is 49.4 Å². The number of hydrogen-bond acceptors (Lipinski definition) is 3. The minimum Gasteiger partial charge on any atom is -0.495 e. The number of alkyl halides is 1. The highest BCUT2D eigenvalue weighted by Crippen LogP contribution is 2.35. The van der Waals surface area contributed by atoms with E-state index in [1.54, 1.807) is 22.5 Å². The van der Waals surface area contributed by atoms with Gasteiger partial charge in [-0.2, -0.15) is 4.31 Å². The Hall–Kier alpha value is -0.780. The highest BCUT2D eigenvalue weighted by Gasteiger charge is 2.38. The number of halogens is 1. The van der Waals surface area contributed by atoms with Gasteiger partial charge in [-0.1, -0.05) is 19.4 Å². The van der Waals surface area contributed by atoms with E-state index in [1.165, 1.54) is 7.11 Å². The molecular formula is C15H22ClNO3S. The second kappa shape index (κ2) is 6.99. The van der Waals surface area contributed by atoms with Crippen molar-refractivity contribution < 1.29 is 13.2 Å². The lowest BCUT2D eigenvalue weighted by Crippen LogP contribution is -2.34. The first kappa shape index (κ1) is 16.6. The monoisotopic (exact) mass is 331 g/mol. The van der Waals surface area contributed by atoms with Crippen LogP contribution in [0.2, 0.25) is 0 Å². The van der Waals surface area contributed by atoms with Gasteiger partial charge < -0.3 is 4.74 Å². The molecule has 0 amide bonds. The molecule has 1 aromatic rings. The highest BCUT2D eigenvalue weighted by molar-refractivity contribution is 7.89. The summed E-state index contributed by atoms with van der Waals surface area (Å²) < 4.78 is 32.7. The van der Waals surface area contributed by atoms with Crippen LogP contribution in [-0.4, -0.2) is 32.4 Å². The van der Waals surface area contributed by atoms with Crippen LogP contribution in [0.3, 0.4) is 0 Å². The van der Waals surface area contributed by atoms with E-state index < -0.39 is 10.0 Å². The van der Waals surface area contributed by atoms with Gasteiger partial charge in [-0.3, -0.25) is 0 Å². The smallest absolute Gasteiger partial charge is 0.247 e. The van der Waals surface area contributed by atoms with Crippen molar-refractivity contribution in [1.82, 2.24) is 4.31 Å². The Labute approximate surface area is 132 Å². The second-order valence-corrected chi connectivity index (χ2v) is 7.45. The molecule has 0 spiro atoms. The number of methoxy groups -OCH3 is 1. The van der Waals surface area contributed by atoms with Crippen LogP contribution in [0.5, 0.6) is 5.75 Å². The van der Waals surface area contributed by atoms with Crippen LogP contribution in [0, 0.1) is 0 Å². The predicted octanol–water partition coefficient (Wildman–Crippen LogP) is 3.39. The molecule has 0 N–H and O–H groups in total. The summed E-state index contributed by atoms with van der Waals surface area (Å²) in [7, 11) is -2.03. The number of nitrogens with zero attached hydrogens (tertiary/aromatic N) is 1. The Morgan fingerprint density at radius 2 is 2.10 bits per heavy atom. The lowest BCUT2D eigenvalue weighted by molar-refractivity contribution is 0.380. The van der Waals surface area contributed by atoms with Crippen molar-refractivity contribution in [3.8, 4) is 5.75 Å². The first-order valence-corrected chi connectivity index (χ1v) is 9.26. The summed E-state index contributed by atoms with van der Waals surface area (Å²) in [5.41, 5.74) is 0.846. The summed E-state index contributed by atoms with van der Waals surface area (Å²) in [6.45, 7) is 2.64. The minimum absolute atomic E-state index is 0.152. The molecule has 1 saturated carbocycles. The standard InChI is InChI=1S/C15H22ClNO3S/c1-3-4-9-17(13-6-7-13)21(18,19)15-8-5-12(11-16)10-14(15)20-2/h5,8,10,13H,3-4,6-7,9,11H2,1-2H3. The van der Waals surface area contributed by atoms with Crippen molar-refractivity contribution in [3.05, 3.63) is 23.8 Å². The Balaban J connectivity index is 2.37. The van der Waals surface area contributed by atoms with Crippen molar-refractivity contribution >= 4 is 21.6 Å². The molecule has 2 rings (SSSR count). The predicted molar refractivity (Wildman–Crippen MR) is 84.4 cm³/mol. The van der Waals surface area contributed by atoms with Crippen LogP contribution in [-0.2, 0) is 15.9 Å². The van der Waals surface area contributed by atoms with E-state index in [-0.39, 0.29) is 10.9 Å². The van der Waals surface area contributed by atoms with Gasteiger partial charge in [-0.25, -0.2) is 8.42 Å². The van der Waals surface area contributed by atoms with Crippen LogP contribution >= 0.6 is 11.6 Å². The van der Waals surface area contributed by atoms with E-state index >= 15 is 0 Å². The molecule has 0 unspecified atom stereocenters. The van der Waals surface area contributed by atoms with Gasteiger partial charge >= 0.3 is 0 Å². The Morgan fingerprint density at radius 1 is 1.38 bits per heavy atom. The summed E-state index contributed by atoms with van der Waals surface area (Å²) in [4.78, 5) is 0.238. The van der Waals surface area contributed by atoms with Crippen molar-refractivity contribution in [2.24, 2.45) is 0 Å². The topological polar surface area (TPSA) is 46.6 Å². The number of hydrogen-bond donors (Lipinski definition) is 0. The molecule has 21 heavy (non-hydrogen) atoms. The SMILES string of the molecule is CCCCN(C1CC1)S(=O)(=O)c1ccc(CCl)cc1OC. The van der Waals surface area contributed by atoms with Crippen LogP contribution < -0.4 is 4.74 Å². The zero-order chi connectivity index (χ0) is 15.5. The lowest BCUT2D eigenvalue weighted by Gasteiger charge is -2.23. The summed E-state index contributed by atoms with van der Waals surface area (Å²) >= 11 is 5.80. The second-order valence-electron chi connectivity index (χ2n) is 5.32. The van der Waals surface area contributed by atoms with E-state index in [0.717, 1.165) is 31.2 Å². The number of sulfonamides is 1. The molecule has 0 saturated heterocycles. The molecule has 0 radical (unpaired) electrons. The quantitative estimate of drug-likeness (QED) is 0.686. The van der Waals surface area contributed by atoms with Gasteiger partial charge in [-0.05, 0) is 37.0 Å². The van der Waals surface area contributed by atoms with Crippen molar-refractivity contribution in [1.29, 1.82) is 0 Å². The zero-order valence-corrected chi connectivity index (χ0v) is 14.1. The van der Waals surface area contributed by atoms with Gasteiger partial charge in [0.05, 0.1) is 7.11 Å². The molecule has 6 heteroatoms. The van der Waals surface area contributed by atoms with Crippen molar-refractivity contribution in [2.75, 3.05) is 13.7 Å². The van der Waals surface area contributed by atoms with E-state index in [9.17, 15) is 8.42 Å². The zero-order valence-electron chi connectivity index (χ0n) is 12.5. The van der Waals surface area contributed by atoms with Gasteiger partial charge in [0.25, 0.3) is 0 Å². The molecule has 0 aliphatic heterocycles. The molecule has 1 aromatic carbocycles. The maximum atomic E-state index is 12.9. The van der Waals surface area contributed by atoms with Crippen LogP contribution in [0.4, 0.5) is 0 Å². The molecule has 4 nitrogen and oxygen atoms in total. The number of rotatable bonds is 8. The summed E-state index contributed by atoms with van der Waals surface area (Å²) in [5, 5.41) is 0. The molecule has 1 aliphatic rings. The van der Waals surface area contributed by atoms with Gasteiger partial charge in [-0.15, -0.1) is 11.6 Å². The maximum Gasteiger partial charge on any atom is 0.247 e. The summed E-state index contributed by atoms with van der Waals surface area (Å²) in [6, 6.07) is 5.20. The number of benzene rings is 1. The maximum absolute atomic E-state index is 12.9. The molecule has 1 aliphatic carbocycles. The average Bonchev–Trinajstić information content (AvgIpc) is 3.31. The van der Waals surface area contributed by atoms with Crippen molar-refractivity contribution in [3.63, 3.8) is 0 Å². The molecule has 0 bridgehead atoms. The fraction of sp³-hybridized carbons (Fsp3) is 0.600. The Bertz CT molecular complexity index is 585. The molecule has 118 valence electrons.